The van der Waals surface area contributed by atoms with Crippen molar-refractivity contribution in [3.63, 3.8) is 0 Å². The van der Waals surface area contributed by atoms with Crippen LogP contribution in [0.1, 0.15) is 11.3 Å². The van der Waals surface area contributed by atoms with Gasteiger partial charge in [0.2, 0.25) is 10.0 Å². The molecule has 102 valence electrons. The Hall–Kier alpha value is -1.31. The van der Waals surface area contributed by atoms with E-state index in [-0.39, 0.29) is 4.90 Å². The molecule has 0 radical (unpaired) electrons. The summed E-state index contributed by atoms with van der Waals surface area (Å²) in [5.41, 5.74) is 1.30. The first-order chi connectivity index (χ1) is 8.88. The van der Waals surface area contributed by atoms with Crippen molar-refractivity contribution in [1.29, 1.82) is 0 Å². The first-order valence-corrected chi connectivity index (χ1v) is 7.82. The summed E-state index contributed by atoms with van der Waals surface area (Å²) >= 11 is 3.22. The summed E-state index contributed by atoms with van der Waals surface area (Å²) in [5, 5.41) is 8.28. The topological polar surface area (TPSA) is 85.3 Å². The van der Waals surface area contributed by atoms with Crippen molar-refractivity contribution in [2.75, 3.05) is 5.32 Å². The lowest BCUT2D eigenvalue weighted by Gasteiger charge is -2.11. The smallest absolute Gasteiger partial charge is 0.238 e. The molecule has 0 saturated heterocycles. The molecule has 2 rings (SSSR count). The number of sulfonamides is 1. The van der Waals surface area contributed by atoms with E-state index < -0.39 is 10.0 Å². The van der Waals surface area contributed by atoms with Crippen LogP contribution in [0.25, 0.3) is 0 Å². The Morgan fingerprint density at radius 3 is 2.63 bits per heavy atom. The summed E-state index contributed by atoms with van der Waals surface area (Å²) in [6.07, 6.45) is 0. The van der Waals surface area contributed by atoms with Gasteiger partial charge in [0.15, 0.2) is 4.67 Å². The van der Waals surface area contributed by atoms with Crippen LogP contribution in [0.15, 0.2) is 44.3 Å². The molecule has 1 aromatic heterocycles. The molecule has 0 fully saturated rings. The molecule has 0 bridgehead atoms. The van der Waals surface area contributed by atoms with E-state index in [4.69, 9.17) is 9.56 Å². The third kappa shape index (κ3) is 3.37. The zero-order valence-corrected chi connectivity index (χ0v) is 12.6. The van der Waals surface area contributed by atoms with Crippen molar-refractivity contribution in [2.24, 2.45) is 5.14 Å². The summed E-state index contributed by atoms with van der Waals surface area (Å²) in [5.74, 6) is 0.743. The van der Waals surface area contributed by atoms with E-state index in [1.165, 1.54) is 6.07 Å². The molecule has 0 unspecified atom stereocenters. The fourth-order valence-corrected chi connectivity index (χ4v) is 2.89. The van der Waals surface area contributed by atoms with Crippen LogP contribution in [0, 0.1) is 6.92 Å². The molecule has 0 aliphatic heterocycles. The largest absolute Gasteiger partial charge is 0.452 e. The van der Waals surface area contributed by atoms with Gasteiger partial charge in [0.25, 0.3) is 0 Å². The quantitative estimate of drug-likeness (QED) is 0.892. The lowest BCUT2D eigenvalue weighted by atomic mass is 10.2. The number of rotatable bonds is 4. The highest BCUT2D eigenvalue weighted by Gasteiger charge is 2.13. The Labute approximate surface area is 120 Å². The molecule has 0 aliphatic carbocycles. The van der Waals surface area contributed by atoms with E-state index in [1.807, 2.05) is 6.07 Å². The molecule has 1 aromatic carbocycles. The molecule has 3 N–H and O–H groups in total. The summed E-state index contributed by atoms with van der Waals surface area (Å²) in [4.78, 5) is 0.123. The third-order valence-electron chi connectivity index (χ3n) is 2.67. The van der Waals surface area contributed by atoms with E-state index >= 15 is 0 Å². The van der Waals surface area contributed by atoms with E-state index in [1.54, 1.807) is 25.1 Å². The van der Waals surface area contributed by atoms with Crippen LogP contribution in [0.3, 0.4) is 0 Å². The van der Waals surface area contributed by atoms with Crippen molar-refractivity contribution in [2.45, 2.75) is 18.4 Å². The Kier molecular flexibility index (Phi) is 3.98. The Bertz CT molecular complexity index is 695. The molecular weight excluding hydrogens is 332 g/mol. The summed E-state index contributed by atoms with van der Waals surface area (Å²) in [6.45, 7) is 2.17. The first-order valence-electron chi connectivity index (χ1n) is 5.48. The monoisotopic (exact) mass is 344 g/mol. The number of halogens is 1. The maximum atomic E-state index is 11.4. The van der Waals surface area contributed by atoms with Gasteiger partial charge in [-0.2, -0.15) is 0 Å². The minimum absolute atomic E-state index is 0.123. The minimum atomic E-state index is -3.71. The van der Waals surface area contributed by atoms with Crippen LogP contribution in [0.5, 0.6) is 0 Å². The SMILES string of the molecule is Cc1c(NCc2ccc(Br)o2)cccc1S(N)(=O)=O. The van der Waals surface area contributed by atoms with Gasteiger partial charge < -0.3 is 9.73 Å². The lowest BCUT2D eigenvalue weighted by molar-refractivity contribution is 0.495. The van der Waals surface area contributed by atoms with E-state index in [0.717, 1.165) is 5.76 Å². The molecule has 0 atom stereocenters. The van der Waals surface area contributed by atoms with E-state index in [2.05, 4.69) is 21.2 Å². The lowest BCUT2D eigenvalue weighted by Crippen LogP contribution is -2.14. The zero-order chi connectivity index (χ0) is 14.0. The number of primary sulfonamides is 1. The minimum Gasteiger partial charge on any atom is -0.452 e. The van der Waals surface area contributed by atoms with Crippen LogP contribution >= 0.6 is 15.9 Å². The summed E-state index contributed by atoms with van der Waals surface area (Å²) < 4.78 is 28.8. The van der Waals surface area contributed by atoms with Gasteiger partial charge in [-0.15, -0.1) is 0 Å². The van der Waals surface area contributed by atoms with Gasteiger partial charge in [-0.05, 0) is 52.7 Å². The number of benzene rings is 1. The van der Waals surface area contributed by atoms with Gasteiger partial charge >= 0.3 is 0 Å². The molecule has 19 heavy (non-hydrogen) atoms. The second-order valence-electron chi connectivity index (χ2n) is 4.03. The molecular formula is C12H13BrN2O3S. The Balaban J connectivity index is 2.22. The highest BCUT2D eigenvalue weighted by atomic mass is 79.9. The maximum absolute atomic E-state index is 11.4. The second kappa shape index (κ2) is 5.36. The van der Waals surface area contributed by atoms with Crippen LogP contribution in [0.2, 0.25) is 0 Å². The fourth-order valence-electron chi connectivity index (χ4n) is 1.74. The van der Waals surface area contributed by atoms with Crippen LogP contribution in [-0.4, -0.2) is 8.42 Å². The molecule has 7 heteroatoms. The number of anilines is 1. The van der Waals surface area contributed by atoms with Gasteiger partial charge in [0.05, 0.1) is 11.4 Å². The molecule has 5 nitrogen and oxygen atoms in total. The van der Waals surface area contributed by atoms with Gasteiger partial charge in [-0.25, -0.2) is 13.6 Å². The highest BCUT2D eigenvalue weighted by molar-refractivity contribution is 9.10. The summed E-state index contributed by atoms with van der Waals surface area (Å²) in [7, 11) is -3.71. The van der Waals surface area contributed by atoms with Crippen LogP contribution in [0.4, 0.5) is 5.69 Å². The van der Waals surface area contributed by atoms with E-state index in [0.29, 0.717) is 22.5 Å². The Morgan fingerprint density at radius 1 is 1.32 bits per heavy atom. The molecule has 0 spiro atoms. The Morgan fingerprint density at radius 2 is 2.05 bits per heavy atom. The van der Waals surface area contributed by atoms with Crippen LogP contribution in [-0.2, 0) is 16.6 Å². The predicted molar refractivity (Wildman–Crippen MR) is 76.3 cm³/mol. The first kappa shape index (κ1) is 14.1. The van der Waals surface area contributed by atoms with Gasteiger partial charge in [0, 0.05) is 5.69 Å². The van der Waals surface area contributed by atoms with E-state index in [9.17, 15) is 8.42 Å². The van der Waals surface area contributed by atoms with Crippen molar-refractivity contribution < 1.29 is 12.8 Å². The maximum Gasteiger partial charge on any atom is 0.238 e. The van der Waals surface area contributed by atoms with Gasteiger partial charge in [-0.3, -0.25) is 0 Å². The average molecular weight is 345 g/mol. The summed E-state index contributed by atoms with van der Waals surface area (Å²) in [6, 6.07) is 8.55. The average Bonchev–Trinajstić information content (AvgIpc) is 2.72. The second-order valence-corrected chi connectivity index (χ2v) is 6.34. The molecule has 0 aliphatic rings. The van der Waals surface area contributed by atoms with Crippen LogP contribution < -0.4 is 10.5 Å². The van der Waals surface area contributed by atoms with Crippen molar-refractivity contribution in [1.82, 2.24) is 0 Å². The zero-order valence-electron chi connectivity index (χ0n) is 10.2. The number of furan rings is 1. The van der Waals surface area contributed by atoms with Crippen molar-refractivity contribution in [3.8, 4) is 0 Å². The van der Waals surface area contributed by atoms with Crippen molar-refractivity contribution >= 4 is 31.6 Å². The number of hydrogen-bond donors (Lipinski definition) is 2. The van der Waals surface area contributed by atoms with Crippen molar-refractivity contribution in [3.05, 3.63) is 46.3 Å². The predicted octanol–water partition coefficient (Wildman–Crippen LogP) is 2.61. The molecule has 0 saturated carbocycles. The highest BCUT2D eigenvalue weighted by Crippen LogP contribution is 2.23. The number of nitrogens with two attached hydrogens (primary N) is 1. The molecule has 1 heterocycles. The van der Waals surface area contributed by atoms with Gasteiger partial charge in [-0.1, -0.05) is 6.07 Å². The van der Waals surface area contributed by atoms with Gasteiger partial charge in [0.1, 0.15) is 5.76 Å². The molecule has 0 amide bonds. The number of hydrogen-bond acceptors (Lipinski definition) is 4. The third-order valence-corrected chi connectivity index (χ3v) is 4.15. The number of nitrogens with one attached hydrogen (secondary N) is 1. The standard InChI is InChI=1S/C12H13BrN2O3S/c1-8-10(3-2-4-11(8)19(14,16)17)15-7-9-5-6-12(13)18-9/h2-6,15H,7H2,1H3,(H2,14,16,17). The molecule has 2 aromatic rings. The normalized spacial score (nSPS) is 11.5. The fraction of sp³-hybridized carbons (Fsp3) is 0.167.